The molecule has 0 aliphatic heterocycles. The molecule has 0 heterocycles. The number of hydrogen-bond donors (Lipinski definition) is 0. The predicted octanol–water partition coefficient (Wildman–Crippen LogP) is 9.10. The van der Waals surface area contributed by atoms with Gasteiger partial charge in [-0.25, -0.2) is 0 Å². The molecule has 0 fully saturated rings. The third-order valence-corrected chi connectivity index (χ3v) is 9.82. The standard InChI is InChI=1S/C33H36P/c1-5-7-11-18-28(3)32-27-31(30-22-15-9-16-23-30)24-25-33(32)34(4,6-2)26-17-10-14-21-29-19-12-8-13-20-29/h5,7-20,22-27H,1,6,21H2,2-4H3/q+1/b11-7-,14-10-,26-17-,28-18+. The van der Waals surface area contributed by atoms with Crippen molar-refractivity contribution in [3.8, 4) is 11.1 Å². The van der Waals surface area contributed by atoms with Crippen LogP contribution >= 0.6 is 7.26 Å². The monoisotopic (exact) mass is 463 g/mol. The summed E-state index contributed by atoms with van der Waals surface area (Å²) in [5.74, 6) is 2.46. The summed E-state index contributed by atoms with van der Waals surface area (Å²) in [4.78, 5) is 0. The average molecular weight is 464 g/mol. The highest BCUT2D eigenvalue weighted by molar-refractivity contribution is 7.85. The Labute approximate surface area is 207 Å². The molecule has 3 rings (SSSR count). The van der Waals surface area contributed by atoms with Crippen LogP contribution in [0.15, 0.2) is 134 Å². The second kappa shape index (κ2) is 12.9. The molecular formula is C33H36P+. The van der Waals surface area contributed by atoms with Gasteiger partial charge in [-0.15, -0.1) is 0 Å². The highest BCUT2D eigenvalue weighted by atomic mass is 31.2. The topological polar surface area (TPSA) is 0 Å². The maximum Gasteiger partial charge on any atom is 0.106 e. The largest absolute Gasteiger partial charge is 0.106 e. The zero-order valence-corrected chi connectivity index (χ0v) is 21.6. The zero-order chi connectivity index (χ0) is 24.2. The molecule has 1 heteroatoms. The molecule has 0 aliphatic rings. The van der Waals surface area contributed by atoms with Crippen molar-refractivity contribution >= 4 is 18.1 Å². The Balaban J connectivity index is 1.95. The summed E-state index contributed by atoms with van der Waals surface area (Å²) in [5, 5.41) is 1.46. The van der Waals surface area contributed by atoms with Crippen LogP contribution in [0.3, 0.4) is 0 Å². The Kier molecular flexibility index (Phi) is 9.62. The van der Waals surface area contributed by atoms with E-state index in [-0.39, 0.29) is 0 Å². The van der Waals surface area contributed by atoms with E-state index in [9.17, 15) is 0 Å². The van der Waals surface area contributed by atoms with Gasteiger partial charge in [-0.2, -0.15) is 0 Å². The van der Waals surface area contributed by atoms with E-state index in [1.54, 1.807) is 0 Å². The van der Waals surface area contributed by atoms with E-state index < -0.39 is 7.26 Å². The van der Waals surface area contributed by atoms with Crippen molar-refractivity contribution in [3.63, 3.8) is 0 Å². The van der Waals surface area contributed by atoms with Gasteiger partial charge in [0.15, 0.2) is 0 Å². The van der Waals surface area contributed by atoms with Crippen molar-refractivity contribution in [2.45, 2.75) is 20.3 Å². The number of allylic oxidation sites excluding steroid dienone is 8. The van der Waals surface area contributed by atoms with Crippen LogP contribution in [0.5, 0.6) is 0 Å². The van der Waals surface area contributed by atoms with E-state index in [0.717, 1.165) is 12.6 Å². The lowest BCUT2D eigenvalue weighted by Crippen LogP contribution is -2.15. The Morgan fingerprint density at radius 2 is 1.53 bits per heavy atom. The SMILES string of the molecule is C=C/C=C\C=C(/C)c1cc(-c2ccccc2)ccc1[P+](C)(/C=C\C=C/Cc1ccccc1)CC. The summed E-state index contributed by atoms with van der Waals surface area (Å²) in [6, 6.07) is 28.3. The minimum atomic E-state index is -1.47. The average Bonchev–Trinajstić information content (AvgIpc) is 2.89. The molecule has 0 saturated carbocycles. The summed E-state index contributed by atoms with van der Waals surface area (Å²) in [7, 11) is -1.47. The van der Waals surface area contributed by atoms with Crippen LogP contribution in [-0.4, -0.2) is 12.8 Å². The van der Waals surface area contributed by atoms with Gasteiger partial charge in [-0.3, -0.25) is 0 Å². The molecule has 0 amide bonds. The number of rotatable bonds is 10. The molecular weight excluding hydrogens is 427 g/mol. The smallest absolute Gasteiger partial charge is 0.0991 e. The van der Waals surface area contributed by atoms with Gasteiger partial charge in [0, 0.05) is 5.56 Å². The molecule has 0 aromatic heterocycles. The first kappa shape index (κ1) is 25.4. The van der Waals surface area contributed by atoms with Crippen molar-refractivity contribution in [2.75, 3.05) is 12.8 Å². The summed E-state index contributed by atoms with van der Waals surface area (Å²) in [6.07, 6.45) is 16.9. The van der Waals surface area contributed by atoms with E-state index >= 15 is 0 Å². The Morgan fingerprint density at radius 3 is 2.21 bits per heavy atom. The fourth-order valence-corrected chi connectivity index (χ4v) is 6.37. The van der Waals surface area contributed by atoms with Gasteiger partial charge in [-0.05, 0) is 60.7 Å². The van der Waals surface area contributed by atoms with E-state index in [2.05, 4.69) is 142 Å². The second-order valence-electron chi connectivity index (χ2n) is 8.61. The van der Waals surface area contributed by atoms with Crippen molar-refractivity contribution in [1.29, 1.82) is 0 Å². The molecule has 0 nitrogen and oxygen atoms in total. The Hall–Kier alpha value is -3.21. The Morgan fingerprint density at radius 1 is 0.824 bits per heavy atom. The van der Waals surface area contributed by atoms with Gasteiger partial charge in [0.1, 0.15) is 5.30 Å². The first-order chi connectivity index (χ1) is 16.6. The van der Waals surface area contributed by atoms with Gasteiger partial charge >= 0.3 is 0 Å². The predicted molar refractivity (Wildman–Crippen MR) is 156 cm³/mol. The van der Waals surface area contributed by atoms with Crippen LogP contribution < -0.4 is 5.30 Å². The lowest BCUT2D eigenvalue weighted by molar-refractivity contribution is 1.27. The normalized spacial score (nSPS) is 14.1. The van der Waals surface area contributed by atoms with Crippen molar-refractivity contribution in [2.24, 2.45) is 0 Å². The lowest BCUT2D eigenvalue weighted by Gasteiger charge is -2.21. The summed E-state index contributed by atoms with van der Waals surface area (Å²) in [5.41, 5.74) is 6.46. The molecule has 1 atom stereocenters. The van der Waals surface area contributed by atoms with Gasteiger partial charge in [0.2, 0.25) is 0 Å². The van der Waals surface area contributed by atoms with E-state index in [0.29, 0.717) is 0 Å². The van der Waals surface area contributed by atoms with Crippen LogP contribution in [0.25, 0.3) is 16.7 Å². The molecule has 0 aliphatic carbocycles. The van der Waals surface area contributed by atoms with Crippen LogP contribution in [0, 0.1) is 0 Å². The molecule has 0 spiro atoms. The van der Waals surface area contributed by atoms with Crippen LogP contribution in [0.4, 0.5) is 0 Å². The van der Waals surface area contributed by atoms with Crippen LogP contribution in [-0.2, 0) is 6.42 Å². The molecule has 0 saturated heterocycles. The molecule has 3 aromatic carbocycles. The van der Waals surface area contributed by atoms with Crippen LogP contribution in [0.2, 0.25) is 0 Å². The van der Waals surface area contributed by atoms with Gasteiger partial charge < -0.3 is 0 Å². The minimum Gasteiger partial charge on any atom is -0.0991 e. The lowest BCUT2D eigenvalue weighted by atomic mass is 9.99. The third kappa shape index (κ3) is 6.89. The van der Waals surface area contributed by atoms with E-state index in [1.807, 2.05) is 12.2 Å². The fourth-order valence-electron chi connectivity index (χ4n) is 3.97. The molecule has 3 aromatic rings. The minimum absolute atomic E-state index is 0.959. The number of benzene rings is 3. The molecule has 1 unspecified atom stereocenters. The van der Waals surface area contributed by atoms with Gasteiger partial charge in [-0.1, -0.05) is 110 Å². The third-order valence-electron chi connectivity index (χ3n) is 6.19. The van der Waals surface area contributed by atoms with Gasteiger partial charge in [0.25, 0.3) is 0 Å². The highest BCUT2D eigenvalue weighted by Gasteiger charge is 2.32. The van der Waals surface area contributed by atoms with E-state index in [1.165, 1.54) is 33.1 Å². The molecule has 172 valence electrons. The highest BCUT2D eigenvalue weighted by Crippen LogP contribution is 2.56. The summed E-state index contributed by atoms with van der Waals surface area (Å²) >= 11 is 0. The molecule has 0 bridgehead atoms. The number of hydrogen-bond acceptors (Lipinski definition) is 0. The van der Waals surface area contributed by atoms with Gasteiger partial charge in [0.05, 0.1) is 25.9 Å². The summed E-state index contributed by atoms with van der Waals surface area (Å²) < 4.78 is 0. The van der Waals surface area contributed by atoms with Crippen molar-refractivity contribution in [3.05, 3.63) is 145 Å². The molecule has 34 heavy (non-hydrogen) atoms. The second-order valence-corrected chi connectivity index (χ2v) is 12.6. The maximum absolute atomic E-state index is 3.80. The summed E-state index contributed by atoms with van der Waals surface area (Å²) in [6.45, 7) is 10.8. The fraction of sp³-hybridized carbons (Fsp3) is 0.152. The quantitative estimate of drug-likeness (QED) is 0.208. The molecule has 0 radical (unpaired) electrons. The Bertz CT molecular complexity index is 1180. The van der Waals surface area contributed by atoms with E-state index in [4.69, 9.17) is 0 Å². The van der Waals surface area contributed by atoms with Crippen molar-refractivity contribution in [1.82, 2.24) is 0 Å². The maximum atomic E-state index is 3.80. The first-order valence-corrected chi connectivity index (χ1v) is 14.5. The molecule has 0 N–H and O–H groups in total. The van der Waals surface area contributed by atoms with Crippen LogP contribution in [0.1, 0.15) is 25.0 Å². The zero-order valence-electron chi connectivity index (χ0n) is 20.7. The van der Waals surface area contributed by atoms with Crippen molar-refractivity contribution < 1.29 is 0 Å². The first-order valence-electron chi connectivity index (χ1n) is 12.0.